The smallest absolute Gasteiger partial charge is 0.243 e. The lowest BCUT2D eigenvalue weighted by Crippen LogP contribution is -2.51. The van der Waals surface area contributed by atoms with Gasteiger partial charge in [-0.25, -0.2) is 17.8 Å². The third-order valence-corrected chi connectivity index (χ3v) is 5.48. The van der Waals surface area contributed by atoms with Crippen molar-refractivity contribution in [2.24, 2.45) is 5.92 Å². The summed E-state index contributed by atoms with van der Waals surface area (Å²) < 4.78 is 40.8. The van der Waals surface area contributed by atoms with Gasteiger partial charge in [-0.15, -0.1) is 0 Å². The molecule has 1 saturated heterocycles. The predicted octanol–water partition coefficient (Wildman–Crippen LogP) is 1.39. The Morgan fingerprint density at radius 2 is 2.14 bits per heavy atom. The Balaban J connectivity index is 1.68. The van der Waals surface area contributed by atoms with Gasteiger partial charge in [-0.1, -0.05) is 11.6 Å². The molecule has 1 aromatic carbocycles. The number of aromatic nitrogens is 3. The monoisotopic (exact) mass is 330 g/mol. The van der Waals surface area contributed by atoms with Gasteiger partial charge in [0.05, 0.1) is 9.92 Å². The lowest BCUT2D eigenvalue weighted by molar-refractivity contribution is 0.174. The number of sulfonamides is 1. The number of halogens is 2. The molecule has 6 nitrogen and oxygen atoms in total. The molecular weight excluding hydrogens is 319 g/mol. The molecule has 0 spiro atoms. The standard InChI is InChI=1S/C12H12ClFN4O2S/c13-11-3-10(1-2-12(11)14)21(19,20)18-5-9(6-18)4-17-8-15-7-16-17/h1-3,7-9H,4-6H2. The van der Waals surface area contributed by atoms with Crippen molar-refractivity contribution in [2.45, 2.75) is 11.4 Å². The summed E-state index contributed by atoms with van der Waals surface area (Å²) >= 11 is 5.63. The highest BCUT2D eigenvalue weighted by Crippen LogP contribution is 2.28. The normalized spacial score (nSPS) is 16.9. The summed E-state index contributed by atoms with van der Waals surface area (Å²) in [6.07, 6.45) is 3.03. The topological polar surface area (TPSA) is 68.1 Å². The van der Waals surface area contributed by atoms with E-state index in [0.29, 0.717) is 19.6 Å². The molecule has 1 aromatic heterocycles. The van der Waals surface area contributed by atoms with Gasteiger partial charge < -0.3 is 0 Å². The molecule has 2 heterocycles. The molecule has 0 amide bonds. The van der Waals surface area contributed by atoms with Crippen LogP contribution in [0.2, 0.25) is 5.02 Å². The number of hydrogen-bond donors (Lipinski definition) is 0. The molecule has 0 radical (unpaired) electrons. The lowest BCUT2D eigenvalue weighted by atomic mass is 10.0. The van der Waals surface area contributed by atoms with Gasteiger partial charge in [0.15, 0.2) is 0 Å². The van der Waals surface area contributed by atoms with Crippen LogP contribution in [0.5, 0.6) is 0 Å². The van der Waals surface area contributed by atoms with E-state index in [9.17, 15) is 12.8 Å². The Bertz CT molecular complexity index is 745. The second kappa shape index (κ2) is 5.36. The van der Waals surface area contributed by atoms with Crippen LogP contribution in [-0.2, 0) is 16.6 Å². The van der Waals surface area contributed by atoms with Crippen LogP contribution >= 0.6 is 11.6 Å². The molecule has 1 aliphatic rings. The van der Waals surface area contributed by atoms with Crippen LogP contribution in [0, 0.1) is 11.7 Å². The fourth-order valence-electron chi connectivity index (χ4n) is 2.21. The van der Waals surface area contributed by atoms with Gasteiger partial charge in [-0.3, -0.25) is 4.68 Å². The fraction of sp³-hybridized carbons (Fsp3) is 0.333. The Morgan fingerprint density at radius 1 is 1.38 bits per heavy atom. The van der Waals surface area contributed by atoms with E-state index in [0.717, 1.165) is 12.1 Å². The summed E-state index contributed by atoms with van der Waals surface area (Å²) in [6.45, 7) is 1.42. The largest absolute Gasteiger partial charge is 0.253 e. The van der Waals surface area contributed by atoms with Crippen LogP contribution < -0.4 is 0 Å². The predicted molar refractivity (Wildman–Crippen MR) is 73.7 cm³/mol. The highest BCUT2D eigenvalue weighted by Gasteiger charge is 2.37. The van der Waals surface area contributed by atoms with Crippen molar-refractivity contribution in [3.63, 3.8) is 0 Å². The lowest BCUT2D eigenvalue weighted by Gasteiger charge is -2.37. The maximum atomic E-state index is 13.1. The third kappa shape index (κ3) is 2.78. The SMILES string of the molecule is O=S(=O)(c1ccc(F)c(Cl)c1)N1CC(Cn2cncn2)C1. The molecular formula is C12H12ClFN4O2S. The first-order chi connectivity index (χ1) is 9.96. The summed E-state index contributed by atoms with van der Waals surface area (Å²) in [5, 5.41) is 3.78. The first-order valence-corrected chi connectivity index (χ1v) is 8.06. The van der Waals surface area contributed by atoms with Gasteiger partial charge in [0.25, 0.3) is 0 Å². The Hall–Kier alpha value is -1.51. The molecule has 0 atom stereocenters. The van der Waals surface area contributed by atoms with Crippen molar-refractivity contribution in [3.8, 4) is 0 Å². The summed E-state index contributed by atoms with van der Waals surface area (Å²) in [5.41, 5.74) is 0. The quantitative estimate of drug-likeness (QED) is 0.849. The minimum absolute atomic E-state index is 0.00751. The first kappa shape index (κ1) is 14.4. The van der Waals surface area contributed by atoms with Crippen molar-refractivity contribution in [3.05, 3.63) is 41.7 Å². The Morgan fingerprint density at radius 3 is 2.76 bits per heavy atom. The molecule has 1 fully saturated rings. The average molecular weight is 331 g/mol. The zero-order valence-corrected chi connectivity index (χ0v) is 12.4. The zero-order chi connectivity index (χ0) is 15.0. The fourth-order valence-corrected chi connectivity index (χ4v) is 4.08. The highest BCUT2D eigenvalue weighted by atomic mass is 35.5. The van der Waals surface area contributed by atoms with Gasteiger partial charge in [0, 0.05) is 25.6 Å². The van der Waals surface area contributed by atoms with Crippen LogP contribution in [-0.4, -0.2) is 40.6 Å². The molecule has 2 aromatic rings. The van der Waals surface area contributed by atoms with Gasteiger partial charge in [0.2, 0.25) is 10.0 Å². The minimum atomic E-state index is -3.62. The number of rotatable bonds is 4. The molecule has 3 rings (SSSR count). The van der Waals surface area contributed by atoms with E-state index >= 15 is 0 Å². The molecule has 0 aliphatic carbocycles. The number of benzene rings is 1. The van der Waals surface area contributed by atoms with Crippen LogP contribution in [0.25, 0.3) is 0 Å². The van der Waals surface area contributed by atoms with E-state index < -0.39 is 15.8 Å². The van der Waals surface area contributed by atoms with Crippen molar-refractivity contribution in [2.75, 3.05) is 13.1 Å². The second-order valence-corrected chi connectivity index (χ2v) is 7.23. The van der Waals surface area contributed by atoms with Crippen LogP contribution in [0.4, 0.5) is 4.39 Å². The molecule has 9 heteroatoms. The van der Waals surface area contributed by atoms with Crippen LogP contribution in [0.1, 0.15) is 0 Å². The zero-order valence-electron chi connectivity index (χ0n) is 10.9. The molecule has 0 N–H and O–H groups in total. The van der Waals surface area contributed by atoms with E-state index in [2.05, 4.69) is 10.1 Å². The molecule has 0 unspecified atom stereocenters. The first-order valence-electron chi connectivity index (χ1n) is 6.24. The van der Waals surface area contributed by atoms with E-state index in [4.69, 9.17) is 11.6 Å². The van der Waals surface area contributed by atoms with E-state index in [1.54, 1.807) is 11.0 Å². The van der Waals surface area contributed by atoms with E-state index in [1.165, 1.54) is 16.7 Å². The Labute approximate surface area is 126 Å². The Kier molecular flexibility index (Phi) is 3.68. The van der Waals surface area contributed by atoms with E-state index in [1.807, 2.05) is 0 Å². The summed E-state index contributed by atoms with van der Waals surface area (Å²) in [6, 6.07) is 3.42. The van der Waals surface area contributed by atoms with Crippen molar-refractivity contribution < 1.29 is 12.8 Å². The third-order valence-electron chi connectivity index (χ3n) is 3.36. The van der Waals surface area contributed by atoms with Crippen molar-refractivity contribution in [1.82, 2.24) is 19.1 Å². The number of nitrogens with zero attached hydrogens (tertiary/aromatic N) is 4. The summed E-state index contributed by atoms with van der Waals surface area (Å²) in [7, 11) is -3.62. The number of hydrogen-bond acceptors (Lipinski definition) is 4. The van der Waals surface area contributed by atoms with Crippen molar-refractivity contribution in [1.29, 1.82) is 0 Å². The minimum Gasteiger partial charge on any atom is -0.253 e. The molecule has 0 saturated carbocycles. The molecule has 112 valence electrons. The van der Waals surface area contributed by atoms with Gasteiger partial charge in [-0.05, 0) is 18.2 Å². The van der Waals surface area contributed by atoms with Gasteiger partial charge >= 0.3 is 0 Å². The average Bonchev–Trinajstić information content (AvgIpc) is 2.89. The summed E-state index contributed by atoms with van der Waals surface area (Å²) in [4.78, 5) is 3.84. The van der Waals surface area contributed by atoms with Crippen molar-refractivity contribution >= 4 is 21.6 Å². The van der Waals surface area contributed by atoms with Gasteiger partial charge in [0.1, 0.15) is 18.5 Å². The molecule has 0 bridgehead atoms. The maximum Gasteiger partial charge on any atom is 0.243 e. The van der Waals surface area contributed by atoms with Crippen LogP contribution in [0.15, 0.2) is 35.7 Å². The highest BCUT2D eigenvalue weighted by molar-refractivity contribution is 7.89. The summed E-state index contributed by atoms with van der Waals surface area (Å²) in [5.74, 6) is -0.444. The van der Waals surface area contributed by atoms with Gasteiger partial charge in [-0.2, -0.15) is 9.40 Å². The molecule has 21 heavy (non-hydrogen) atoms. The molecule has 1 aliphatic heterocycles. The maximum absolute atomic E-state index is 13.1. The second-order valence-electron chi connectivity index (χ2n) is 4.88. The van der Waals surface area contributed by atoms with Crippen LogP contribution in [0.3, 0.4) is 0 Å². The van der Waals surface area contributed by atoms with E-state index in [-0.39, 0.29) is 15.8 Å².